The summed E-state index contributed by atoms with van der Waals surface area (Å²) in [6, 6.07) is 1.83. The van der Waals surface area contributed by atoms with E-state index in [1.165, 1.54) is 6.42 Å². The van der Waals surface area contributed by atoms with Crippen molar-refractivity contribution in [1.82, 2.24) is 9.97 Å². The van der Waals surface area contributed by atoms with Crippen LogP contribution in [-0.4, -0.2) is 16.5 Å². The Hall–Kier alpha value is -1.12. The Labute approximate surface area is 66.1 Å². The summed E-state index contributed by atoms with van der Waals surface area (Å²) in [7, 11) is 0. The molecule has 0 amide bonds. The first-order chi connectivity index (χ1) is 5.47. The largest absolute Gasteiger partial charge is 0.336 e. The summed E-state index contributed by atoms with van der Waals surface area (Å²) in [5, 5.41) is 0. The zero-order valence-electron chi connectivity index (χ0n) is 6.27. The van der Waals surface area contributed by atoms with Crippen molar-refractivity contribution < 1.29 is 0 Å². The van der Waals surface area contributed by atoms with Crippen molar-refractivity contribution in [3.63, 3.8) is 0 Å². The molecule has 2 heterocycles. The van der Waals surface area contributed by atoms with Crippen molar-refractivity contribution in [2.75, 3.05) is 11.4 Å². The molecule has 1 radical (unpaired) electrons. The maximum absolute atomic E-state index is 4.14. The van der Waals surface area contributed by atoms with Crippen molar-refractivity contribution in [2.24, 2.45) is 0 Å². The molecule has 0 N–H and O–H groups in total. The van der Waals surface area contributed by atoms with Crippen LogP contribution in [-0.2, 0) is 0 Å². The third-order valence-electron chi connectivity index (χ3n) is 1.76. The molecule has 1 aliphatic heterocycles. The zero-order chi connectivity index (χ0) is 7.52. The minimum absolute atomic E-state index is 0.824. The second kappa shape index (κ2) is 2.86. The molecule has 1 saturated heterocycles. The lowest BCUT2D eigenvalue weighted by Crippen LogP contribution is -2.16. The molecular formula is C8H10N3. The normalized spacial score (nSPS) is 17.3. The molecular weight excluding hydrogens is 138 g/mol. The molecule has 0 unspecified atom stereocenters. The van der Waals surface area contributed by atoms with Crippen LogP contribution in [0.15, 0.2) is 18.5 Å². The van der Waals surface area contributed by atoms with Gasteiger partial charge in [-0.15, -0.1) is 0 Å². The van der Waals surface area contributed by atoms with Crippen molar-refractivity contribution >= 4 is 5.95 Å². The third-order valence-corrected chi connectivity index (χ3v) is 1.76. The minimum atomic E-state index is 0.824. The number of nitrogens with zero attached hydrogens (tertiary/aromatic N) is 3. The van der Waals surface area contributed by atoms with E-state index in [1.54, 1.807) is 12.4 Å². The molecule has 1 aromatic heterocycles. The molecule has 11 heavy (non-hydrogen) atoms. The first-order valence-electron chi connectivity index (χ1n) is 3.84. The molecule has 0 aliphatic carbocycles. The van der Waals surface area contributed by atoms with E-state index < -0.39 is 0 Å². The maximum Gasteiger partial charge on any atom is 0.225 e. The highest BCUT2D eigenvalue weighted by atomic mass is 15.3. The number of aromatic nitrogens is 2. The highest BCUT2D eigenvalue weighted by molar-refractivity contribution is 5.32. The molecule has 1 aliphatic rings. The van der Waals surface area contributed by atoms with E-state index >= 15 is 0 Å². The van der Waals surface area contributed by atoms with Gasteiger partial charge in [-0.2, -0.15) is 0 Å². The third kappa shape index (κ3) is 1.31. The lowest BCUT2D eigenvalue weighted by molar-refractivity contribution is 0.922. The van der Waals surface area contributed by atoms with Gasteiger partial charge in [0, 0.05) is 18.9 Å². The minimum Gasteiger partial charge on any atom is -0.336 e. The van der Waals surface area contributed by atoms with Gasteiger partial charge in [0.1, 0.15) is 0 Å². The van der Waals surface area contributed by atoms with Gasteiger partial charge in [0.15, 0.2) is 0 Å². The summed E-state index contributed by atoms with van der Waals surface area (Å²) >= 11 is 0. The highest BCUT2D eigenvalue weighted by Gasteiger charge is 2.13. The molecule has 2 rings (SSSR count). The van der Waals surface area contributed by atoms with Gasteiger partial charge in [0.05, 0.1) is 6.54 Å². The van der Waals surface area contributed by atoms with Crippen molar-refractivity contribution in [2.45, 2.75) is 12.8 Å². The van der Waals surface area contributed by atoms with Crippen LogP contribution < -0.4 is 4.90 Å². The van der Waals surface area contributed by atoms with Gasteiger partial charge >= 0.3 is 0 Å². The summed E-state index contributed by atoms with van der Waals surface area (Å²) in [6.45, 7) is 3.21. The summed E-state index contributed by atoms with van der Waals surface area (Å²) in [6.07, 6.45) is 5.92. The quantitative estimate of drug-likeness (QED) is 0.600. The average Bonchev–Trinajstić information content (AvgIpc) is 2.58. The first-order valence-corrected chi connectivity index (χ1v) is 3.84. The van der Waals surface area contributed by atoms with Crippen LogP contribution in [0.2, 0.25) is 0 Å². The molecule has 0 spiro atoms. The van der Waals surface area contributed by atoms with Gasteiger partial charge in [-0.05, 0) is 18.9 Å². The van der Waals surface area contributed by atoms with Crippen LogP contribution in [0.3, 0.4) is 0 Å². The Balaban J connectivity index is 2.16. The van der Waals surface area contributed by atoms with E-state index in [0.717, 1.165) is 18.9 Å². The number of hydrogen-bond acceptors (Lipinski definition) is 3. The molecule has 0 atom stereocenters. The Morgan fingerprint density at radius 2 is 2.09 bits per heavy atom. The van der Waals surface area contributed by atoms with Crippen LogP contribution in [0.25, 0.3) is 0 Å². The molecule has 3 nitrogen and oxygen atoms in total. The second-order valence-electron chi connectivity index (χ2n) is 2.57. The highest BCUT2D eigenvalue weighted by Crippen LogP contribution is 2.17. The van der Waals surface area contributed by atoms with Gasteiger partial charge < -0.3 is 4.90 Å². The van der Waals surface area contributed by atoms with Crippen LogP contribution in [0.5, 0.6) is 0 Å². The summed E-state index contributed by atoms with van der Waals surface area (Å²) in [5.74, 6) is 0.824. The molecule has 0 saturated carbocycles. The predicted octanol–water partition coefficient (Wildman–Crippen LogP) is 1.24. The maximum atomic E-state index is 4.14. The molecule has 3 heteroatoms. The lowest BCUT2D eigenvalue weighted by atomic mass is 10.4. The Kier molecular flexibility index (Phi) is 1.71. The van der Waals surface area contributed by atoms with Crippen LogP contribution in [0.1, 0.15) is 12.8 Å². The Morgan fingerprint density at radius 1 is 1.27 bits per heavy atom. The van der Waals surface area contributed by atoms with Gasteiger partial charge in [-0.3, -0.25) is 0 Å². The van der Waals surface area contributed by atoms with Gasteiger partial charge in [-0.1, -0.05) is 0 Å². The summed E-state index contributed by atoms with van der Waals surface area (Å²) in [5.41, 5.74) is 0. The van der Waals surface area contributed by atoms with E-state index in [4.69, 9.17) is 0 Å². The zero-order valence-corrected chi connectivity index (χ0v) is 6.27. The van der Waals surface area contributed by atoms with E-state index in [9.17, 15) is 0 Å². The molecule has 1 aromatic rings. The average molecular weight is 148 g/mol. The number of anilines is 1. The molecule has 1 fully saturated rings. The van der Waals surface area contributed by atoms with Crippen LogP contribution in [0.4, 0.5) is 5.95 Å². The fraction of sp³-hybridized carbons (Fsp3) is 0.375. The fourth-order valence-electron chi connectivity index (χ4n) is 1.22. The smallest absolute Gasteiger partial charge is 0.225 e. The monoisotopic (exact) mass is 148 g/mol. The topological polar surface area (TPSA) is 29.0 Å². The Bertz CT molecular complexity index is 216. The molecule has 57 valence electrons. The number of hydrogen-bond donors (Lipinski definition) is 0. The molecule has 0 bridgehead atoms. The van der Waals surface area contributed by atoms with Crippen molar-refractivity contribution in [3.05, 3.63) is 25.0 Å². The lowest BCUT2D eigenvalue weighted by Gasteiger charge is -2.12. The van der Waals surface area contributed by atoms with Gasteiger partial charge in [0.25, 0.3) is 0 Å². The van der Waals surface area contributed by atoms with Crippen LogP contribution in [0, 0.1) is 6.54 Å². The standard InChI is InChI=1S/C8H10N3/c1-2-7-11(6-1)8-9-4-3-5-10-8/h3-6H,1-2,7H2. The van der Waals surface area contributed by atoms with E-state index in [2.05, 4.69) is 21.4 Å². The van der Waals surface area contributed by atoms with E-state index in [-0.39, 0.29) is 0 Å². The summed E-state index contributed by atoms with van der Waals surface area (Å²) < 4.78 is 0. The second-order valence-corrected chi connectivity index (χ2v) is 2.57. The van der Waals surface area contributed by atoms with Crippen LogP contribution >= 0.6 is 0 Å². The number of rotatable bonds is 1. The van der Waals surface area contributed by atoms with E-state index in [0.29, 0.717) is 0 Å². The predicted molar refractivity (Wildman–Crippen MR) is 42.9 cm³/mol. The Morgan fingerprint density at radius 3 is 2.73 bits per heavy atom. The summed E-state index contributed by atoms with van der Waals surface area (Å²) in [4.78, 5) is 10.4. The van der Waals surface area contributed by atoms with E-state index in [1.807, 2.05) is 6.07 Å². The van der Waals surface area contributed by atoms with Gasteiger partial charge in [-0.25, -0.2) is 9.97 Å². The van der Waals surface area contributed by atoms with Crippen molar-refractivity contribution in [1.29, 1.82) is 0 Å². The first kappa shape index (κ1) is 6.58. The molecule has 0 aromatic carbocycles. The SMILES string of the molecule is [CH]1CCCN1c1ncccn1. The van der Waals surface area contributed by atoms with Crippen molar-refractivity contribution in [3.8, 4) is 0 Å². The van der Waals surface area contributed by atoms with Gasteiger partial charge in [0.2, 0.25) is 5.95 Å². The fourth-order valence-corrected chi connectivity index (χ4v) is 1.22.